The van der Waals surface area contributed by atoms with E-state index < -0.39 is 12.1 Å². The molecule has 2 heterocycles. The molecule has 2 N–H and O–H groups in total. The van der Waals surface area contributed by atoms with Crippen molar-refractivity contribution in [3.05, 3.63) is 0 Å². The van der Waals surface area contributed by atoms with E-state index in [9.17, 15) is 13.2 Å². The van der Waals surface area contributed by atoms with Gasteiger partial charge in [-0.3, -0.25) is 0 Å². The van der Waals surface area contributed by atoms with Crippen LogP contribution >= 0.6 is 0 Å². The molecule has 3 unspecified atom stereocenters. The van der Waals surface area contributed by atoms with Crippen LogP contribution in [0.15, 0.2) is 0 Å². The van der Waals surface area contributed by atoms with Crippen molar-refractivity contribution in [3.63, 3.8) is 0 Å². The van der Waals surface area contributed by atoms with Crippen LogP contribution in [0, 0.1) is 5.92 Å². The van der Waals surface area contributed by atoms with E-state index in [1.165, 1.54) is 0 Å². The van der Waals surface area contributed by atoms with Gasteiger partial charge in [0.05, 0.1) is 18.1 Å². The minimum atomic E-state index is -4.06. The first-order valence-electron chi connectivity index (χ1n) is 6.63. The average molecular weight is 266 g/mol. The quantitative estimate of drug-likeness (QED) is 0.846. The first kappa shape index (κ1) is 14.1. The number of halogens is 3. The monoisotopic (exact) mass is 266 g/mol. The van der Waals surface area contributed by atoms with Gasteiger partial charge in [0.25, 0.3) is 0 Å². The number of piperidine rings is 1. The minimum Gasteiger partial charge on any atom is -0.372 e. The van der Waals surface area contributed by atoms with Crippen LogP contribution in [-0.2, 0) is 4.74 Å². The molecule has 2 saturated heterocycles. The molecule has 2 rings (SSSR count). The summed E-state index contributed by atoms with van der Waals surface area (Å²) in [4.78, 5) is 1.89. The van der Waals surface area contributed by atoms with Crippen molar-refractivity contribution in [1.29, 1.82) is 0 Å². The molecular weight excluding hydrogens is 245 g/mol. The molecule has 0 amide bonds. The van der Waals surface area contributed by atoms with Crippen molar-refractivity contribution in [2.45, 2.75) is 44.1 Å². The van der Waals surface area contributed by atoms with Crippen molar-refractivity contribution in [2.24, 2.45) is 11.7 Å². The fourth-order valence-electron chi connectivity index (χ4n) is 2.86. The standard InChI is InChI=1S/C12H21F3N2O/c13-12(14,15)9-2-1-5-17(7-9)8-11-4-3-10(6-16)18-11/h9-11H,1-8,16H2. The SMILES string of the molecule is NCC1CCC(CN2CCCC(C(F)(F)F)C2)O1. The molecule has 0 aromatic heterocycles. The highest BCUT2D eigenvalue weighted by Gasteiger charge is 2.42. The molecule has 18 heavy (non-hydrogen) atoms. The van der Waals surface area contributed by atoms with Crippen molar-refractivity contribution < 1.29 is 17.9 Å². The first-order valence-corrected chi connectivity index (χ1v) is 6.63. The lowest BCUT2D eigenvalue weighted by atomic mass is 9.97. The fourth-order valence-corrected chi connectivity index (χ4v) is 2.86. The number of alkyl halides is 3. The molecule has 0 radical (unpaired) electrons. The predicted molar refractivity (Wildman–Crippen MR) is 62.2 cm³/mol. The molecule has 0 saturated carbocycles. The Bertz CT molecular complexity index is 273. The fraction of sp³-hybridized carbons (Fsp3) is 1.00. The van der Waals surface area contributed by atoms with E-state index in [4.69, 9.17) is 10.5 Å². The molecule has 2 fully saturated rings. The highest BCUT2D eigenvalue weighted by molar-refractivity contribution is 4.82. The molecule has 0 aromatic rings. The van der Waals surface area contributed by atoms with Gasteiger partial charge < -0.3 is 15.4 Å². The van der Waals surface area contributed by atoms with Crippen LogP contribution < -0.4 is 5.73 Å². The molecule has 106 valence electrons. The maximum Gasteiger partial charge on any atom is 0.393 e. The number of ether oxygens (including phenoxy) is 1. The minimum absolute atomic E-state index is 0.0607. The Morgan fingerprint density at radius 2 is 1.89 bits per heavy atom. The summed E-state index contributed by atoms with van der Waals surface area (Å²) in [5.74, 6) is -1.17. The Balaban J connectivity index is 1.80. The van der Waals surface area contributed by atoms with Gasteiger partial charge in [0.15, 0.2) is 0 Å². The molecule has 3 atom stereocenters. The largest absolute Gasteiger partial charge is 0.393 e. The molecule has 3 nitrogen and oxygen atoms in total. The zero-order valence-corrected chi connectivity index (χ0v) is 10.5. The lowest BCUT2D eigenvalue weighted by Gasteiger charge is -2.34. The number of likely N-dealkylation sites (tertiary alicyclic amines) is 1. The van der Waals surface area contributed by atoms with E-state index in [0.29, 0.717) is 19.5 Å². The maximum absolute atomic E-state index is 12.7. The second-order valence-corrected chi connectivity index (χ2v) is 5.33. The van der Waals surface area contributed by atoms with E-state index in [2.05, 4.69) is 0 Å². The Labute approximate surface area is 105 Å². The van der Waals surface area contributed by atoms with E-state index in [-0.39, 0.29) is 25.2 Å². The van der Waals surface area contributed by atoms with Crippen LogP contribution in [0.3, 0.4) is 0 Å². The van der Waals surface area contributed by atoms with Crippen molar-refractivity contribution in [2.75, 3.05) is 26.2 Å². The average Bonchev–Trinajstić information content (AvgIpc) is 2.76. The predicted octanol–water partition coefficient (Wildman–Crippen LogP) is 1.77. The number of rotatable bonds is 3. The Morgan fingerprint density at radius 1 is 1.17 bits per heavy atom. The summed E-state index contributed by atoms with van der Waals surface area (Å²) in [6.07, 6.45) is -1.18. The Kier molecular flexibility index (Phi) is 4.50. The third-order valence-corrected chi connectivity index (χ3v) is 3.89. The van der Waals surface area contributed by atoms with E-state index >= 15 is 0 Å². The number of nitrogens with two attached hydrogens (primary N) is 1. The van der Waals surface area contributed by atoms with Gasteiger partial charge in [0.2, 0.25) is 0 Å². The van der Waals surface area contributed by atoms with E-state index in [1.54, 1.807) is 0 Å². The molecule has 6 heteroatoms. The summed E-state index contributed by atoms with van der Waals surface area (Å²) in [5, 5.41) is 0. The third kappa shape index (κ3) is 3.59. The van der Waals surface area contributed by atoms with E-state index in [1.807, 2.05) is 4.90 Å². The van der Waals surface area contributed by atoms with Gasteiger partial charge in [-0.25, -0.2) is 0 Å². The van der Waals surface area contributed by atoms with Crippen LogP contribution in [0.25, 0.3) is 0 Å². The summed E-state index contributed by atoms with van der Waals surface area (Å²) in [6.45, 7) is 1.99. The van der Waals surface area contributed by atoms with Crippen LogP contribution in [0.2, 0.25) is 0 Å². The smallest absolute Gasteiger partial charge is 0.372 e. The van der Waals surface area contributed by atoms with Gasteiger partial charge in [-0.1, -0.05) is 0 Å². The summed E-state index contributed by atoms with van der Waals surface area (Å²) in [7, 11) is 0. The van der Waals surface area contributed by atoms with Crippen LogP contribution in [0.5, 0.6) is 0 Å². The first-order chi connectivity index (χ1) is 8.49. The molecule has 2 aliphatic heterocycles. The summed E-state index contributed by atoms with van der Waals surface area (Å²) in [5.41, 5.74) is 5.52. The summed E-state index contributed by atoms with van der Waals surface area (Å²) >= 11 is 0. The van der Waals surface area contributed by atoms with Gasteiger partial charge in [-0.15, -0.1) is 0 Å². The maximum atomic E-state index is 12.7. The zero-order chi connectivity index (χ0) is 13.2. The third-order valence-electron chi connectivity index (χ3n) is 3.89. The van der Waals surface area contributed by atoms with Crippen LogP contribution in [0.1, 0.15) is 25.7 Å². The van der Waals surface area contributed by atoms with Gasteiger partial charge in [0, 0.05) is 19.6 Å². The highest BCUT2D eigenvalue weighted by atomic mass is 19.4. The van der Waals surface area contributed by atoms with Gasteiger partial charge in [0.1, 0.15) is 0 Å². The van der Waals surface area contributed by atoms with Crippen molar-refractivity contribution >= 4 is 0 Å². The normalized spacial score (nSPS) is 35.0. The number of nitrogens with zero attached hydrogens (tertiary/aromatic N) is 1. The van der Waals surface area contributed by atoms with Gasteiger partial charge in [-0.05, 0) is 32.2 Å². The summed E-state index contributed by atoms with van der Waals surface area (Å²) < 4.78 is 43.7. The summed E-state index contributed by atoms with van der Waals surface area (Å²) in [6, 6.07) is 0. The highest BCUT2D eigenvalue weighted by Crippen LogP contribution is 2.33. The lowest BCUT2D eigenvalue weighted by molar-refractivity contribution is -0.187. The molecule has 0 aliphatic carbocycles. The van der Waals surface area contributed by atoms with Crippen molar-refractivity contribution in [3.8, 4) is 0 Å². The van der Waals surface area contributed by atoms with E-state index in [0.717, 1.165) is 19.4 Å². The Hall–Kier alpha value is -0.330. The second-order valence-electron chi connectivity index (χ2n) is 5.33. The second kappa shape index (κ2) is 5.75. The lowest BCUT2D eigenvalue weighted by Crippen LogP contribution is -2.44. The molecule has 0 bridgehead atoms. The zero-order valence-electron chi connectivity index (χ0n) is 10.5. The van der Waals surface area contributed by atoms with Gasteiger partial charge >= 0.3 is 6.18 Å². The molecule has 2 aliphatic rings. The Morgan fingerprint density at radius 3 is 2.50 bits per heavy atom. The van der Waals surface area contributed by atoms with Crippen LogP contribution in [-0.4, -0.2) is 49.5 Å². The van der Waals surface area contributed by atoms with Gasteiger partial charge in [-0.2, -0.15) is 13.2 Å². The molecule has 0 aromatic carbocycles. The number of hydrogen-bond donors (Lipinski definition) is 1. The molecule has 0 spiro atoms. The molecular formula is C12H21F3N2O. The van der Waals surface area contributed by atoms with Crippen molar-refractivity contribution in [1.82, 2.24) is 4.90 Å². The topological polar surface area (TPSA) is 38.5 Å². The van der Waals surface area contributed by atoms with Crippen LogP contribution in [0.4, 0.5) is 13.2 Å². The number of hydrogen-bond acceptors (Lipinski definition) is 3.